The zero-order valence-electron chi connectivity index (χ0n) is 18.8. The van der Waals surface area contributed by atoms with E-state index in [1.165, 1.54) is 5.56 Å². The molecule has 1 aliphatic rings. The number of hydrogen-bond acceptors (Lipinski definition) is 5. The number of methoxy groups -OCH3 is 1. The third-order valence-corrected chi connectivity index (χ3v) is 5.82. The quantitative estimate of drug-likeness (QED) is 0.587. The summed E-state index contributed by atoms with van der Waals surface area (Å²) in [5.74, 6) is 0.591. The summed E-state index contributed by atoms with van der Waals surface area (Å²) in [5, 5.41) is 15.4. The second-order valence-corrected chi connectivity index (χ2v) is 8.14. The Hall–Kier alpha value is -3.66. The van der Waals surface area contributed by atoms with E-state index in [0.29, 0.717) is 17.7 Å². The van der Waals surface area contributed by atoms with Crippen LogP contribution in [0.2, 0.25) is 0 Å². The highest BCUT2D eigenvalue weighted by Gasteiger charge is 2.13. The SMILES string of the molecule is COc1ccc(CNC(=O)c2cccc(C#N)c2)cc1-c1cccc(CN2CCNCC2)c1. The second-order valence-electron chi connectivity index (χ2n) is 8.14. The Balaban J connectivity index is 1.50. The number of nitriles is 1. The molecule has 1 fully saturated rings. The van der Waals surface area contributed by atoms with Gasteiger partial charge in [0.15, 0.2) is 0 Å². The van der Waals surface area contributed by atoms with Crippen molar-refractivity contribution in [3.8, 4) is 22.9 Å². The molecule has 6 heteroatoms. The molecule has 3 aromatic rings. The van der Waals surface area contributed by atoms with Crippen molar-refractivity contribution in [2.75, 3.05) is 33.3 Å². The van der Waals surface area contributed by atoms with Gasteiger partial charge in [-0.05, 0) is 53.1 Å². The van der Waals surface area contributed by atoms with Crippen molar-refractivity contribution in [1.29, 1.82) is 5.26 Å². The highest BCUT2D eigenvalue weighted by atomic mass is 16.5. The maximum atomic E-state index is 12.5. The third kappa shape index (κ3) is 5.78. The molecule has 0 radical (unpaired) electrons. The molecular weight excluding hydrogens is 412 g/mol. The van der Waals surface area contributed by atoms with E-state index in [2.05, 4.69) is 51.9 Å². The van der Waals surface area contributed by atoms with Gasteiger partial charge in [0.25, 0.3) is 5.91 Å². The molecule has 168 valence electrons. The zero-order valence-corrected chi connectivity index (χ0v) is 18.8. The summed E-state index contributed by atoms with van der Waals surface area (Å²) in [6.45, 7) is 5.48. The van der Waals surface area contributed by atoms with Gasteiger partial charge in [0.1, 0.15) is 5.75 Å². The molecule has 1 heterocycles. The minimum Gasteiger partial charge on any atom is -0.496 e. The standard InChI is InChI=1S/C27H28N4O2/c1-33-26-9-8-21(18-30-27(32)24-7-2-4-20(14-24)17-28)16-25(26)23-6-3-5-22(15-23)19-31-12-10-29-11-13-31/h2-9,14-16,29H,10-13,18-19H2,1H3,(H,30,32). The summed E-state index contributed by atoms with van der Waals surface area (Å²) in [6, 6.07) is 23.3. The van der Waals surface area contributed by atoms with E-state index in [9.17, 15) is 4.79 Å². The van der Waals surface area contributed by atoms with Gasteiger partial charge >= 0.3 is 0 Å². The van der Waals surface area contributed by atoms with Gasteiger partial charge in [0.2, 0.25) is 0 Å². The van der Waals surface area contributed by atoms with Crippen LogP contribution in [0.1, 0.15) is 27.0 Å². The van der Waals surface area contributed by atoms with Crippen LogP contribution in [0.25, 0.3) is 11.1 Å². The molecular formula is C27H28N4O2. The van der Waals surface area contributed by atoms with Gasteiger partial charge in [0.05, 0.1) is 18.7 Å². The highest BCUT2D eigenvalue weighted by molar-refractivity contribution is 5.94. The molecule has 0 saturated carbocycles. The Morgan fingerprint density at radius 2 is 1.88 bits per heavy atom. The summed E-state index contributed by atoms with van der Waals surface area (Å²) in [5.41, 5.74) is 5.28. The van der Waals surface area contributed by atoms with Crippen LogP contribution < -0.4 is 15.4 Å². The first kappa shape index (κ1) is 22.5. The van der Waals surface area contributed by atoms with E-state index in [4.69, 9.17) is 10.00 Å². The van der Waals surface area contributed by atoms with Crippen LogP contribution in [0.15, 0.2) is 66.7 Å². The van der Waals surface area contributed by atoms with Crippen LogP contribution in [0.4, 0.5) is 0 Å². The number of carbonyl (C=O) groups excluding carboxylic acids is 1. The number of rotatable bonds is 7. The summed E-state index contributed by atoms with van der Waals surface area (Å²) in [4.78, 5) is 15.0. The number of hydrogen-bond donors (Lipinski definition) is 2. The number of piperazine rings is 1. The van der Waals surface area contributed by atoms with E-state index < -0.39 is 0 Å². The Morgan fingerprint density at radius 1 is 1.06 bits per heavy atom. The fraction of sp³-hybridized carbons (Fsp3) is 0.259. The zero-order chi connectivity index (χ0) is 23.0. The molecule has 33 heavy (non-hydrogen) atoms. The van der Waals surface area contributed by atoms with Gasteiger partial charge in [-0.1, -0.05) is 30.3 Å². The minimum atomic E-state index is -0.206. The normalized spacial score (nSPS) is 13.8. The molecule has 0 aromatic heterocycles. The Kier molecular flexibility index (Phi) is 7.36. The van der Waals surface area contributed by atoms with Crippen molar-refractivity contribution in [2.45, 2.75) is 13.1 Å². The molecule has 0 spiro atoms. The number of carbonyl (C=O) groups is 1. The number of amides is 1. The van der Waals surface area contributed by atoms with Crippen molar-refractivity contribution in [3.63, 3.8) is 0 Å². The minimum absolute atomic E-state index is 0.206. The predicted molar refractivity (Wildman–Crippen MR) is 129 cm³/mol. The smallest absolute Gasteiger partial charge is 0.251 e. The predicted octanol–water partition coefficient (Wildman–Crippen LogP) is 3.57. The van der Waals surface area contributed by atoms with Gasteiger partial charge in [0, 0.05) is 50.4 Å². The van der Waals surface area contributed by atoms with Crippen molar-refractivity contribution in [2.24, 2.45) is 0 Å². The summed E-state index contributed by atoms with van der Waals surface area (Å²) in [7, 11) is 1.67. The molecule has 0 unspecified atom stereocenters. The molecule has 6 nitrogen and oxygen atoms in total. The Labute approximate surface area is 194 Å². The third-order valence-electron chi connectivity index (χ3n) is 5.82. The molecule has 0 atom stereocenters. The van der Waals surface area contributed by atoms with Crippen LogP contribution in [0.5, 0.6) is 5.75 Å². The molecule has 4 rings (SSSR count). The fourth-order valence-electron chi connectivity index (χ4n) is 4.07. The van der Waals surface area contributed by atoms with Crippen molar-refractivity contribution < 1.29 is 9.53 Å². The lowest BCUT2D eigenvalue weighted by Crippen LogP contribution is -2.42. The first-order chi connectivity index (χ1) is 16.2. The summed E-state index contributed by atoms with van der Waals surface area (Å²) in [6.07, 6.45) is 0. The molecule has 1 amide bonds. The molecule has 1 aliphatic heterocycles. The fourth-order valence-corrected chi connectivity index (χ4v) is 4.07. The van der Waals surface area contributed by atoms with Gasteiger partial charge in [-0.3, -0.25) is 9.69 Å². The number of nitrogens with zero attached hydrogens (tertiary/aromatic N) is 2. The van der Waals surface area contributed by atoms with Gasteiger partial charge in [-0.25, -0.2) is 0 Å². The van der Waals surface area contributed by atoms with Gasteiger partial charge < -0.3 is 15.4 Å². The monoisotopic (exact) mass is 440 g/mol. The van der Waals surface area contributed by atoms with Crippen LogP contribution in [0.3, 0.4) is 0 Å². The first-order valence-electron chi connectivity index (χ1n) is 11.1. The van der Waals surface area contributed by atoms with Gasteiger partial charge in [-0.15, -0.1) is 0 Å². The Morgan fingerprint density at radius 3 is 2.67 bits per heavy atom. The molecule has 2 N–H and O–H groups in total. The molecule has 0 bridgehead atoms. The number of nitrogens with one attached hydrogen (secondary N) is 2. The average molecular weight is 441 g/mol. The van der Waals surface area contributed by atoms with Crippen molar-refractivity contribution in [1.82, 2.24) is 15.5 Å². The topological polar surface area (TPSA) is 77.4 Å². The number of benzene rings is 3. The first-order valence-corrected chi connectivity index (χ1v) is 11.1. The highest BCUT2D eigenvalue weighted by Crippen LogP contribution is 2.31. The van der Waals surface area contributed by atoms with E-state index in [-0.39, 0.29) is 5.91 Å². The van der Waals surface area contributed by atoms with E-state index in [1.54, 1.807) is 31.4 Å². The van der Waals surface area contributed by atoms with Crippen LogP contribution >= 0.6 is 0 Å². The lowest BCUT2D eigenvalue weighted by Gasteiger charge is -2.27. The van der Waals surface area contributed by atoms with E-state index >= 15 is 0 Å². The number of ether oxygens (including phenoxy) is 1. The molecule has 1 saturated heterocycles. The van der Waals surface area contributed by atoms with Crippen LogP contribution in [0, 0.1) is 11.3 Å². The second kappa shape index (κ2) is 10.8. The van der Waals surface area contributed by atoms with E-state index in [1.807, 2.05) is 12.1 Å². The van der Waals surface area contributed by atoms with Crippen molar-refractivity contribution in [3.05, 3.63) is 89.0 Å². The largest absolute Gasteiger partial charge is 0.496 e. The van der Waals surface area contributed by atoms with Crippen LogP contribution in [-0.2, 0) is 13.1 Å². The van der Waals surface area contributed by atoms with Crippen LogP contribution in [-0.4, -0.2) is 44.1 Å². The van der Waals surface area contributed by atoms with Gasteiger partial charge in [-0.2, -0.15) is 5.26 Å². The Bertz CT molecular complexity index is 1160. The van der Waals surface area contributed by atoms with Crippen molar-refractivity contribution >= 4 is 5.91 Å². The molecule has 0 aliphatic carbocycles. The maximum absolute atomic E-state index is 12.5. The lowest BCUT2D eigenvalue weighted by molar-refractivity contribution is 0.0951. The summed E-state index contributed by atoms with van der Waals surface area (Å²) >= 11 is 0. The summed E-state index contributed by atoms with van der Waals surface area (Å²) < 4.78 is 5.63. The maximum Gasteiger partial charge on any atom is 0.251 e. The lowest BCUT2D eigenvalue weighted by atomic mass is 9.99. The molecule has 3 aromatic carbocycles. The average Bonchev–Trinajstić information content (AvgIpc) is 2.88. The van der Waals surface area contributed by atoms with E-state index in [0.717, 1.165) is 55.2 Å².